The van der Waals surface area contributed by atoms with E-state index in [1.54, 1.807) is 23.9 Å². The number of halogens is 2. The third kappa shape index (κ3) is 6.16. The molecule has 0 aliphatic heterocycles. The molecule has 0 aliphatic carbocycles. The molecule has 27 heavy (non-hydrogen) atoms. The molecule has 2 aromatic rings. The van der Waals surface area contributed by atoms with Crippen LogP contribution in [0.4, 0.5) is 5.82 Å². The molecule has 1 aromatic carbocycles. The number of carbonyl (C=O) groups excluding carboxylic acids is 2. The Kier molecular flexibility index (Phi) is 8.01. The van der Waals surface area contributed by atoms with Gasteiger partial charge in [0.25, 0.3) is 5.91 Å². The first-order valence-electron chi connectivity index (χ1n) is 8.42. The van der Waals surface area contributed by atoms with Gasteiger partial charge < -0.3 is 10.6 Å². The van der Waals surface area contributed by atoms with Crippen molar-refractivity contribution in [1.82, 2.24) is 15.5 Å². The minimum absolute atomic E-state index is 0.234. The van der Waals surface area contributed by atoms with Crippen LogP contribution < -0.4 is 10.6 Å². The SMILES string of the molecule is CSCCC(NC(=O)c1ccc(Cl)cc1Cl)C(=O)Nc1cc(C(C)C)[nH]n1. The normalized spacial score (nSPS) is 12.1. The van der Waals surface area contributed by atoms with Crippen molar-refractivity contribution in [1.29, 1.82) is 0 Å². The summed E-state index contributed by atoms with van der Waals surface area (Å²) in [5.74, 6) is 0.649. The lowest BCUT2D eigenvalue weighted by atomic mass is 10.1. The van der Waals surface area contributed by atoms with Gasteiger partial charge in [0.05, 0.1) is 10.6 Å². The van der Waals surface area contributed by atoms with Crippen molar-refractivity contribution in [2.75, 3.05) is 17.3 Å². The number of nitrogens with zero attached hydrogens (tertiary/aromatic N) is 1. The first-order valence-corrected chi connectivity index (χ1v) is 10.6. The van der Waals surface area contributed by atoms with E-state index >= 15 is 0 Å². The number of carbonyl (C=O) groups is 2. The number of anilines is 1. The predicted octanol–water partition coefficient (Wildman–Crippen LogP) is 4.33. The van der Waals surface area contributed by atoms with Gasteiger partial charge in [-0.3, -0.25) is 14.7 Å². The number of nitrogens with one attached hydrogen (secondary N) is 3. The number of thioether (sulfide) groups is 1. The molecule has 0 bridgehead atoms. The minimum atomic E-state index is -0.712. The molecule has 0 radical (unpaired) electrons. The lowest BCUT2D eigenvalue weighted by Gasteiger charge is -2.18. The first-order chi connectivity index (χ1) is 12.8. The Morgan fingerprint density at radius 2 is 2.00 bits per heavy atom. The van der Waals surface area contributed by atoms with Crippen molar-refractivity contribution in [3.05, 3.63) is 45.6 Å². The quantitative estimate of drug-likeness (QED) is 0.583. The van der Waals surface area contributed by atoms with E-state index in [0.29, 0.717) is 23.0 Å². The Morgan fingerprint density at radius 3 is 2.59 bits per heavy atom. The number of benzene rings is 1. The highest BCUT2D eigenvalue weighted by Gasteiger charge is 2.23. The maximum absolute atomic E-state index is 12.7. The van der Waals surface area contributed by atoms with Gasteiger partial charge in [0.2, 0.25) is 5.91 Å². The van der Waals surface area contributed by atoms with E-state index in [1.807, 2.05) is 20.1 Å². The fourth-order valence-corrected chi connectivity index (χ4v) is 3.29. The average molecular weight is 429 g/mol. The lowest BCUT2D eigenvalue weighted by molar-refractivity contribution is -0.118. The van der Waals surface area contributed by atoms with Gasteiger partial charge in [-0.05, 0) is 42.5 Å². The number of aromatic nitrogens is 2. The summed E-state index contributed by atoms with van der Waals surface area (Å²) >= 11 is 13.6. The number of hydrogen-bond donors (Lipinski definition) is 3. The Hall–Kier alpha value is -1.70. The molecule has 1 aromatic heterocycles. The van der Waals surface area contributed by atoms with Crippen LogP contribution >= 0.6 is 35.0 Å². The Morgan fingerprint density at radius 1 is 1.26 bits per heavy atom. The molecule has 0 saturated heterocycles. The van der Waals surface area contributed by atoms with Crippen LogP contribution in [0.2, 0.25) is 10.0 Å². The van der Waals surface area contributed by atoms with Crippen LogP contribution in [0.25, 0.3) is 0 Å². The van der Waals surface area contributed by atoms with Crippen LogP contribution in [0.5, 0.6) is 0 Å². The Labute approximate surface area is 172 Å². The molecule has 2 rings (SSSR count). The molecule has 0 fully saturated rings. The van der Waals surface area contributed by atoms with Crippen molar-refractivity contribution in [3.8, 4) is 0 Å². The fraction of sp³-hybridized carbons (Fsp3) is 0.389. The smallest absolute Gasteiger partial charge is 0.253 e. The largest absolute Gasteiger partial charge is 0.340 e. The van der Waals surface area contributed by atoms with Gasteiger partial charge in [-0.25, -0.2) is 0 Å². The number of H-pyrrole nitrogens is 1. The summed E-state index contributed by atoms with van der Waals surface area (Å²) in [6.45, 7) is 4.05. The molecule has 9 heteroatoms. The van der Waals surface area contributed by atoms with Crippen molar-refractivity contribution in [3.63, 3.8) is 0 Å². The van der Waals surface area contributed by atoms with Gasteiger partial charge in [0.1, 0.15) is 6.04 Å². The Bertz CT molecular complexity index is 810. The summed E-state index contributed by atoms with van der Waals surface area (Å²) in [7, 11) is 0. The molecule has 1 unspecified atom stereocenters. The van der Waals surface area contributed by atoms with E-state index in [9.17, 15) is 9.59 Å². The number of aromatic amines is 1. The van der Waals surface area contributed by atoms with Crippen molar-refractivity contribution in [2.45, 2.75) is 32.2 Å². The highest BCUT2D eigenvalue weighted by molar-refractivity contribution is 7.98. The van der Waals surface area contributed by atoms with Gasteiger partial charge in [-0.2, -0.15) is 16.9 Å². The second-order valence-corrected chi connectivity index (χ2v) is 8.11. The molecule has 0 aliphatic rings. The first kappa shape index (κ1) is 21.6. The molecule has 1 atom stereocenters. The van der Waals surface area contributed by atoms with Crippen LogP contribution in [-0.2, 0) is 4.79 Å². The van der Waals surface area contributed by atoms with Gasteiger partial charge in [-0.1, -0.05) is 37.0 Å². The molecular formula is C18H22Cl2N4O2S. The summed E-state index contributed by atoms with van der Waals surface area (Å²) in [5, 5.41) is 13.1. The van der Waals surface area contributed by atoms with Crippen LogP contribution in [0.15, 0.2) is 24.3 Å². The minimum Gasteiger partial charge on any atom is -0.340 e. The average Bonchev–Trinajstić information content (AvgIpc) is 3.07. The topological polar surface area (TPSA) is 86.9 Å². The maximum atomic E-state index is 12.7. The van der Waals surface area contributed by atoms with E-state index in [4.69, 9.17) is 23.2 Å². The molecule has 0 spiro atoms. The number of rotatable bonds is 8. The summed E-state index contributed by atoms with van der Waals surface area (Å²) in [6.07, 6.45) is 2.42. The second kappa shape index (κ2) is 10.0. The summed E-state index contributed by atoms with van der Waals surface area (Å²) in [4.78, 5) is 25.2. The van der Waals surface area contributed by atoms with E-state index in [1.165, 1.54) is 12.1 Å². The van der Waals surface area contributed by atoms with Crippen LogP contribution in [-0.4, -0.2) is 40.1 Å². The highest BCUT2D eigenvalue weighted by atomic mass is 35.5. The number of hydrogen-bond acceptors (Lipinski definition) is 4. The zero-order chi connectivity index (χ0) is 20.0. The summed E-state index contributed by atoms with van der Waals surface area (Å²) in [5.41, 5.74) is 1.19. The predicted molar refractivity (Wildman–Crippen MR) is 112 cm³/mol. The van der Waals surface area contributed by atoms with Crippen molar-refractivity contribution >= 4 is 52.6 Å². The van der Waals surface area contributed by atoms with Crippen LogP contribution in [0.1, 0.15) is 42.2 Å². The third-order valence-electron chi connectivity index (χ3n) is 3.88. The summed E-state index contributed by atoms with van der Waals surface area (Å²) < 4.78 is 0. The van der Waals surface area contributed by atoms with E-state index in [2.05, 4.69) is 20.8 Å². The Balaban J connectivity index is 2.10. The molecular weight excluding hydrogens is 407 g/mol. The lowest BCUT2D eigenvalue weighted by Crippen LogP contribution is -2.44. The summed E-state index contributed by atoms with van der Waals surface area (Å²) in [6, 6.07) is 5.68. The van der Waals surface area contributed by atoms with Crippen molar-refractivity contribution in [2.24, 2.45) is 0 Å². The van der Waals surface area contributed by atoms with E-state index in [0.717, 1.165) is 5.69 Å². The van der Waals surface area contributed by atoms with Crippen molar-refractivity contribution < 1.29 is 9.59 Å². The zero-order valence-electron chi connectivity index (χ0n) is 15.3. The van der Waals surface area contributed by atoms with Gasteiger partial charge in [-0.15, -0.1) is 0 Å². The third-order valence-corrected chi connectivity index (χ3v) is 5.07. The zero-order valence-corrected chi connectivity index (χ0v) is 17.6. The van der Waals surface area contributed by atoms with Gasteiger partial charge in [0.15, 0.2) is 5.82 Å². The molecule has 6 nitrogen and oxygen atoms in total. The number of amides is 2. The standard InChI is InChI=1S/C18H22Cl2N4O2S/c1-10(2)15-9-16(24-23-15)22-18(26)14(6-7-27-3)21-17(25)12-5-4-11(19)8-13(12)20/h4-5,8-10,14H,6-7H2,1-3H3,(H,21,25)(H2,22,23,24,26). The molecule has 2 amide bonds. The molecule has 146 valence electrons. The molecule has 1 heterocycles. The van der Waals surface area contributed by atoms with Crippen LogP contribution in [0, 0.1) is 0 Å². The highest BCUT2D eigenvalue weighted by Crippen LogP contribution is 2.21. The van der Waals surface area contributed by atoms with E-state index in [-0.39, 0.29) is 22.4 Å². The van der Waals surface area contributed by atoms with Gasteiger partial charge >= 0.3 is 0 Å². The monoisotopic (exact) mass is 428 g/mol. The maximum Gasteiger partial charge on any atom is 0.253 e. The van der Waals surface area contributed by atoms with Gasteiger partial charge in [0, 0.05) is 16.8 Å². The molecule has 0 saturated carbocycles. The second-order valence-electron chi connectivity index (χ2n) is 6.28. The fourth-order valence-electron chi connectivity index (χ4n) is 2.32. The molecule has 3 N–H and O–H groups in total. The van der Waals surface area contributed by atoms with Crippen LogP contribution in [0.3, 0.4) is 0 Å². The van der Waals surface area contributed by atoms with E-state index < -0.39 is 11.9 Å².